The van der Waals surface area contributed by atoms with E-state index in [1.807, 2.05) is 6.92 Å². The molecule has 0 heterocycles. The molecule has 1 unspecified atom stereocenters. The lowest BCUT2D eigenvalue weighted by atomic mass is 10.3. The van der Waals surface area contributed by atoms with Crippen molar-refractivity contribution in [1.82, 2.24) is 0 Å². The molecule has 0 aromatic heterocycles. The van der Waals surface area contributed by atoms with E-state index in [-0.39, 0.29) is 6.10 Å². The van der Waals surface area contributed by atoms with Crippen LogP contribution in [0.3, 0.4) is 0 Å². The Morgan fingerprint density at radius 2 is 1.69 bits per heavy atom. The van der Waals surface area contributed by atoms with E-state index in [2.05, 4.69) is 0 Å². The van der Waals surface area contributed by atoms with Crippen LogP contribution in [0.2, 0.25) is 0 Å². The van der Waals surface area contributed by atoms with Gasteiger partial charge in [0.1, 0.15) is 0 Å². The molecule has 0 aliphatic heterocycles. The first-order chi connectivity index (χ1) is 6.18. The average molecular weight is 192 g/mol. The number of aliphatic hydroxyl groups is 1. The summed E-state index contributed by atoms with van der Waals surface area (Å²) in [5, 5.41) is 9.08. The Kier molecular flexibility index (Phi) is 8.33. The summed E-state index contributed by atoms with van der Waals surface area (Å²) in [5.41, 5.74) is 0. The van der Waals surface area contributed by atoms with Crippen LogP contribution in [0, 0.1) is 0 Å². The van der Waals surface area contributed by atoms with Crippen molar-refractivity contribution >= 4 is 0 Å². The van der Waals surface area contributed by atoms with E-state index in [9.17, 15) is 0 Å². The van der Waals surface area contributed by atoms with Crippen molar-refractivity contribution in [3.63, 3.8) is 0 Å². The molecule has 0 rings (SSSR count). The van der Waals surface area contributed by atoms with Crippen LogP contribution in [0.25, 0.3) is 0 Å². The molecule has 4 heteroatoms. The van der Waals surface area contributed by atoms with Crippen molar-refractivity contribution < 1.29 is 19.3 Å². The number of hydrogen-bond acceptors (Lipinski definition) is 4. The Morgan fingerprint density at radius 1 is 1.08 bits per heavy atom. The summed E-state index contributed by atoms with van der Waals surface area (Å²) in [6, 6.07) is 0. The van der Waals surface area contributed by atoms with Gasteiger partial charge >= 0.3 is 0 Å². The minimum absolute atomic E-state index is 0.133. The van der Waals surface area contributed by atoms with Gasteiger partial charge in [0.2, 0.25) is 0 Å². The first-order valence-corrected chi connectivity index (χ1v) is 4.54. The predicted molar refractivity (Wildman–Crippen MR) is 49.8 cm³/mol. The molecule has 0 aromatic rings. The zero-order valence-corrected chi connectivity index (χ0v) is 8.66. The van der Waals surface area contributed by atoms with Crippen molar-refractivity contribution in [1.29, 1.82) is 0 Å². The van der Waals surface area contributed by atoms with Gasteiger partial charge in [0.05, 0.1) is 38.6 Å². The molecule has 0 amide bonds. The van der Waals surface area contributed by atoms with E-state index in [1.54, 1.807) is 14.0 Å². The SMILES string of the molecule is COCCOCCOC(C)[C@@H](C)O. The Bertz CT molecular complexity index is 106. The van der Waals surface area contributed by atoms with E-state index in [4.69, 9.17) is 19.3 Å². The minimum atomic E-state index is -0.432. The normalized spacial score (nSPS) is 15.7. The van der Waals surface area contributed by atoms with Crippen LogP contribution in [0.4, 0.5) is 0 Å². The fraction of sp³-hybridized carbons (Fsp3) is 1.00. The van der Waals surface area contributed by atoms with Gasteiger partial charge in [-0.05, 0) is 13.8 Å². The highest BCUT2D eigenvalue weighted by atomic mass is 16.5. The molecule has 0 aliphatic rings. The smallest absolute Gasteiger partial charge is 0.0804 e. The van der Waals surface area contributed by atoms with Crippen molar-refractivity contribution in [2.24, 2.45) is 0 Å². The van der Waals surface area contributed by atoms with Crippen molar-refractivity contribution in [3.05, 3.63) is 0 Å². The standard InChI is InChI=1S/C9H20O4/c1-8(10)9(2)13-7-6-12-5-4-11-3/h8-10H,4-7H2,1-3H3/t8-,9?/m1/s1. The van der Waals surface area contributed by atoms with Gasteiger partial charge < -0.3 is 19.3 Å². The summed E-state index contributed by atoms with van der Waals surface area (Å²) in [6.45, 7) is 5.78. The van der Waals surface area contributed by atoms with E-state index in [1.165, 1.54) is 0 Å². The molecule has 0 bridgehead atoms. The molecule has 0 saturated carbocycles. The molecule has 0 spiro atoms. The fourth-order valence-corrected chi connectivity index (χ4v) is 0.677. The zero-order valence-electron chi connectivity index (χ0n) is 8.66. The van der Waals surface area contributed by atoms with Gasteiger partial charge in [0.15, 0.2) is 0 Å². The largest absolute Gasteiger partial charge is 0.391 e. The second kappa shape index (κ2) is 8.44. The summed E-state index contributed by atoms with van der Waals surface area (Å²) in [5.74, 6) is 0. The second-order valence-corrected chi connectivity index (χ2v) is 2.92. The van der Waals surface area contributed by atoms with Crippen molar-refractivity contribution in [3.8, 4) is 0 Å². The van der Waals surface area contributed by atoms with E-state index < -0.39 is 6.10 Å². The lowest BCUT2D eigenvalue weighted by molar-refractivity contribution is -0.0446. The van der Waals surface area contributed by atoms with Crippen LogP contribution in [0.1, 0.15) is 13.8 Å². The highest BCUT2D eigenvalue weighted by Gasteiger charge is 2.07. The molecule has 2 atom stereocenters. The topological polar surface area (TPSA) is 47.9 Å². The molecular weight excluding hydrogens is 172 g/mol. The monoisotopic (exact) mass is 192 g/mol. The molecule has 80 valence electrons. The van der Waals surface area contributed by atoms with Gasteiger partial charge in [-0.1, -0.05) is 0 Å². The van der Waals surface area contributed by atoms with Crippen LogP contribution in [-0.2, 0) is 14.2 Å². The van der Waals surface area contributed by atoms with Gasteiger partial charge in [-0.3, -0.25) is 0 Å². The van der Waals surface area contributed by atoms with Gasteiger partial charge in [-0.25, -0.2) is 0 Å². The highest BCUT2D eigenvalue weighted by molar-refractivity contribution is 4.56. The Hall–Kier alpha value is -0.160. The number of aliphatic hydroxyl groups excluding tert-OH is 1. The Balaban J connectivity index is 3.07. The molecule has 1 N–H and O–H groups in total. The van der Waals surface area contributed by atoms with E-state index in [0.717, 1.165) is 0 Å². The van der Waals surface area contributed by atoms with Crippen LogP contribution >= 0.6 is 0 Å². The third-order valence-corrected chi connectivity index (χ3v) is 1.72. The van der Waals surface area contributed by atoms with Gasteiger partial charge in [0, 0.05) is 7.11 Å². The average Bonchev–Trinajstić information content (AvgIpc) is 2.10. The van der Waals surface area contributed by atoms with Crippen LogP contribution in [0.15, 0.2) is 0 Å². The minimum Gasteiger partial charge on any atom is -0.391 e. The van der Waals surface area contributed by atoms with Gasteiger partial charge in [-0.2, -0.15) is 0 Å². The van der Waals surface area contributed by atoms with Crippen LogP contribution in [-0.4, -0.2) is 50.9 Å². The van der Waals surface area contributed by atoms with Crippen LogP contribution in [0.5, 0.6) is 0 Å². The second-order valence-electron chi connectivity index (χ2n) is 2.92. The maximum absolute atomic E-state index is 9.08. The Labute approximate surface area is 79.8 Å². The molecule has 0 aliphatic carbocycles. The van der Waals surface area contributed by atoms with Crippen LogP contribution < -0.4 is 0 Å². The summed E-state index contributed by atoms with van der Waals surface area (Å²) in [4.78, 5) is 0. The highest BCUT2D eigenvalue weighted by Crippen LogP contribution is 1.96. The predicted octanol–water partition coefficient (Wildman–Crippen LogP) is 0.435. The van der Waals surface area contributed by atoms with Gasteiger partial charge in [-0.15, -0.1) is 0 Å². The number of rotatable bonds is 8. The van der Waals surface area contributed by atoms with Crippen molar-refractivity contribution in [2.75, 3.05) is 33.5 Å². The third kappa shape index (κ3) is 8.18. The summed E-state index contributed by atoms with van der Waals surface area (Å²) in [7, 11) is 1.63. The first kappa shape index (κ1) is 12.8. The zero-order chi connectivity index (χ0) is 10.1. The molecule has 13 heavy (non-hydrogen) atoms. The summed E-state index contributed by atoms with van der Waals surface area (Å²) in [6.07, 6.45) is -0.565. The maximum atomic E-state index is 9.08. The third-order valence-electron chi connectivity index (χ3n) is 1.72. The molecule has 0 radical (unpaired) electrons. The first-order valence-electron chi connectivity index (χ1n) is 4.54. The Morgan fingerprint density at radius 3 is 2.23 bits per heavy atom. The molecule has 0 saturated heterocycles. The summed E-state index contributed by atoms with van der Waals surface area (Å²) >= 11 is 0. The van der Waals surface area contributed by atoms with E-state index >= 15 is 0 Å². The van der Waals surface area contributed by atoms with Crippen molar-refractivity contribution in [2.45, 2.75) is 26.1 Å². The molecule has 4 nitrogen and oxygen atoms in total. The summed E-state index contributed by atoms with van der Waals surface area (Å²) < 4.78 is 15.2. The lowest BCUT2D eigenvalue weighted by Crippen LogP contribution is -2.24. The number of methoxy groups -OCH3 is 1. The lowest BCUT2D eigenvalue weighted by Gasteiger charge is -2.15. The van der Waals surface area contributed by atoms with Gasteiger partial charge in [0.25, 0.3) is 0 Å². The number of hydrogen-bond donors (Lipinski definition) is 1. The maximum Gasteiger partial charge on any atom is 0.0804 e. The van der Waals surface area contributed by atoms with E-state index in [0.29, 0.717) is 26.4 Å². The molecule has 0 aromatic carbocycles. The molecule has 0 fully saturated rings. The quantitative estimate of drug-likeness (QED) is 0.567. The number of ether oxygens (including phenoxy) is 3. The fourth-order valence-electron chi connectivity index (χ4n) is 0.677. The molecular formula is C9H20O4.